The van der Waals surface area contributed by atoms with Crippen LogP contribution in [0.25, 0.3) is 10.9 Å². The van der Waals surface area contributed by atoms with Crippen LogP contribution in [0.4, 0.5) is 0 Å². The molecule has 1 aromatic carbocycles. The number of nitrogens with one attached hydrogen (secondary N) is 1. The van der Waals surface area contributed by atoms with Crippen molar-refractivity contribution in [2.45, 2.75) is 31.5 Å². The van der Waals surface area contributed by atoms with Crippen molar-refractivity contribution in [1.29, 1.82) is 0 Å². The second kappa shape index (κ2) is 6.86. The van der Waals surface area contributed by atoms with Gasteiger partial charge in [-0.1, -0.05) is 18.2 Å². The van der Waals surface area contributed by atoms with Gasteiger partial charge in [0, 0.05) is 23.0 Å². The molecule has 7 heteroatoms. The fourth-order valence-electron chi connectivity index (χ4n) is 3.24. The first-order valence-electron chi connectivity index (χ1n) is 7.89. The largest absolute Gasteiger partial charge is 0.480 e. The van der Waals surface area contributed by atoms with Gasteiger partial charge in [-0.15, -0.1) is 0 Å². The molecule has 4 N–H and O–H groups in total. The van der Waals surface area contributed by atoms with Crippen molar-refractivity contribution in [3.8, 4) is 0 Å². The zero-order valence-electron chi connectivity index (χ0n) is 13.5. The van der Waals surface area contributed by atoms with E-state index >= 15 is 0 Å². The maximum absolute atomic E-state index is 12.7. The highest BCUT2D eigenvalue weighted by Crippen LogP contribution is 2.30. The highest BCUT2D eigenvalue weighted by atomic mass is 32.2. The quantitative estimate of drug-likeness (QED) is 0.763. The molecule has 0 saturated heterocycles. The Labute approximate surface area is 144 Å². The monoisotopic (exact) mass is 347 g/mol. The lowest BCUT2D eigenvalue weighted by Crippen LogP contribution is -2.53. The number of aliphatic carboxylic acids is 1. The molecule has 0 bridgehead atoms. The van der Waals surface area contributed by atoms with Crippen LogP contribution in [-0.2, 0) is 22.6 Å². The Morgan fingerprint density at radius 3 is 2.92 bits per heavy atom. The van der Waals surface area contributed by atoms with Gasteiger partial charge in [0.15, 0.2) is 0 Å². The SMILES string of the molecule is CSCC[C@H](N)C(=O)N1Cc2[nH]c3ccccc3c2C[C@H]1C(=O)O. The number of H-pyrrole nitrogens is 1. The minimum absolute atomic E-state index is 0.257. The summed E-state index contributed by atoms with van der Waals surface area (Å²) in [6.07, 6.45) is 2.80. The molecule has 2 atom stereocenters. The van der Waals surface area contributed by atoms with Crippen molar-refractivity contribution in [3.63, 3.8) is 0 Å². The summed E-state index contributed by atoms with van der Waals surface area (Å²) in [7, 11) is 0. The Hall–Kier alpha value is -1.99. The fraction of sp³-hybridized carbons (Fsp3) is 0.412. The Balaban J connectivity index is 1.92. The van der Waals surface area contributed by atoms with Gasteiger partial charge >= 0.3 is 5.97 Å². The Bertz CT molecular complexity index is 774. The second-order valence-corrected chi connectivity index (χ2v) is 7.03. The van der Waals surface area contributed by atoms with Crippen molar-refractivity contribution in [2.75, 3.05) is 12.0 Å². The van der Waals surface area contributed by atoms with Crippen LogP contribution in [0.3, 0.4) is 0 Å². The van der Waals surface area contributed by atoms with Gasteiger partial charge in [-0.25, -0.2) is 4.79 Å². The Morgan fingerprint density at radius 1 is 1.46 bits per heavy atom. The van der Waals surface area contributed by atoms with E-state index in [0.717, 1.165) is 27.9 Å². The van der Waals surface area contributed by atoms with Crippen molar-refractivity contribution in [3.05, 3.63) is 35.5 Å². The first-order valence-corrected chi connectivity index (χ1v) is 9.28. The van der Waals surface area contributed by atoms with E-state index in [2.05, 4.69) is 4.98 Å². The molecule has 0 radical (unpaired) electrons. The first-order chi connectivity index (χ1) is 11.5. The molecule has 0 fully saturated rings. The number of carbonyl (C=O) groups is 2. The highest BCUT2D eigenvalue weighted by molar-refractivity contribution is 7.98. The molecular formula is C17H21N3O3S. The van der Waals surface area contributed by atoms with E-state index in [0.29, 0.717) is 12.8 Å². The van der Waals surface area contributed by atoms with Crippen LogP contribution in [0.5, 0.6) is 0 Å². The van der Waals surface area contributed by atoms with Crippen LogP contribution < -0.4 is 5.73 Å². The van der Waals surface area contributed by atoms with E-state index in [-0.39, 0.29) is 12.5 Å². The number of hydrogen-bond acceptors (Lipinski definition) is 4. The summed E-state index contributed by atoms with van der Waals surface area (Å²) in [5.41, 5.74) is 8.84. The smallest absolute Gasteiger partial charge is 0.326 e. The molecule has 2 aromatic rings. The number of aromatic amines is 1. The number of amides is 1. The van der Waals surface area contributed by atoms with E-state index in [1.54, 1.807) is 11.8 Å². The number of fused-ring (bicyclic) bond motifs is 3. The zero-order chi connectivity index (χ0) is 17.3. The maximum Gasteiger partial charge on any atom is 0.326 e. The van der Waals surface area contributed by atoms with Gasteiger partial charge in [0.2, 0.25) is 5.91 Å². The molecule has 1 amide bonds. The minimum atomic E-state index is -0.989. The van der Waals surface area contributed by atoms with E-state index in [9.17, 15) is 14.7 Å². The summed E-state index contributed by atoms with van der Waals surface area (Å²) < 4.78 is 0. The number of hydrogen-bond donors (Lipinski definition) is 3. The zero-order valence-corrected chi connectivity index (χ0v) is 14.3. The highest BCUT2D eigenvalue weighted by Gasteiger charge is 2.37. The maximum atomic E-state index is 12.7. The minimum Gasteiger partial charge on any atom is -0.480 e. The number of aromatic nitrogens is 1. The predicted molar refractivity (Wildman–Crippen MR) is 95.0 cm³/mol. The summed E-state index contributed by atoms with van der Waals surface area (Å²) in [5, 5.41) is 10.6. The molecule has 1 aliphatic heterocycles. The van der Waals surface area contributed by atoms with Crippen molar-refractivity contribution >= 4 is 34.5 Å². The lowest BCUT2D eigenvalue weighted by Gasteiger charge is -2.34. The van der Waals surface area contributed by atoms with Crippen LogP contribution in [0.15, 0.2) is 24.3 Å². The topological polar surface area (TPSA) is 99.4 Å². The number of thioether (sulfide) groups is 1. The molecule has 0 aliphatic carbocycles. The second-order valence-electron chi connectivity index (χ2n) is 6.04. The number of carbonyl (C=O) groups excluding carboxylic acids is 1. The summed E-state index contributed by atoms with van der Waals surface area (Å²) >= 11 is 1.62. The third-order valence-electron chi connectivity index (χ3n) is 4.52. The standard InChI is InChI=1S/C17H21N3O3S/c1-24-7-6-12(18)16(21)20-9-14-11(8-15(20)17(22)23)10-4-2-3-5-13(10)19-14/h2-5,12,15,19H,6-9,18H2,1H3,(H,22,23)/t12-,15-/m0/s1. The van der Waals surface area contributed by atoms with Crippen LogP contribution in [0.1, 0.15) is 17.7 Å². The van der Waals surface area contributed by atoms with Gasteiger partial charge < -0.3 is 20.7 Å². The predicted octanol–water partition coefficient (Wildman–Crippen LogP) is 1.59. The first kappa shape index (κ1) is 16.9. The molecular weight excluding hydrogens is 326 g/mol. The Kier molecular flexibility index (Phi) is 4.82. The van der Waals surface area contributed by atoms with Gasteiger partial charge in [0.25, 0.3) is 0 Å². The summed E-state index contributed by atoms with van der Waals surface area (Å²) in [6.45, 7) is 0.257. The lowest BCUT2D eigenvalue weighted by atomic mass is 9.95. The van der Waals surface area contributed by atoms with E-state index in [1.165, 1.54) is 4.90 Å². The molecule has 24 heavy (non-hydrogen) atoms. The van der Waals surface area contributed by atoms with Gasteiger partial charge in [-0.2, -0.15) is 11.8 Å². The molecule has 1 aromatic heterocycles. The number of carboxylic acids is 1. The van der Waals surface area contributed by atoms with Crippen LogP contribution in [0, 0.1) is 0 Å². The normalized spacial score (nSPS) is 18.4. The summed E-state index contributed by atoms with van der Waals surface area (Å²) in [6, 6.07) is 6.27. The lowest BCUT2D eigenvalue weighted by molar-refractivity contribution is -0.152. The van der Waals surface area contributed by atoms with Crippen LogP contribution >= 0.6 is 11.8 Å². The number of nitrogens with two attached hydrogens (primary N) is 1. The van der Waals surface area contributed by atoms with E-state index in [4.69, 9.17) is 5.73 Å². The number of benzene rings is 1. The van der Waals surface area contributed by atoms with E-state index in [1.807, 2.05) is 30.5 Å². The average molecular weight is 347 g/mol. The third-order valence-corrected chi connectivity index (χ3v) is 5.17. The van der Waals surface area contributed by atoms with Crippen LogP contribution in [0.2, 0.25) is 0 Å². The molecule has 0 saturated carbocycles. The molecule has 6 nitrogen and oxygen atoms in total. The molecule has 2 heterocycles. The van der Waals surface area contributed by atoms with Gasteiger partial charge in [0.05, 0.1) is 12.6 Å². The number of para-hydroxylation sites is 1. The Morgan fingerprint density at radius 2 is 2.21 bits per heavy atom. The van der Waals surface area contributed by atoms with Gasteiger partial charge in [-0.05, 0) is 30.1 Å². The number of carboxylic acid groups (broad SMARTS) is 1. The van der Waals surface area contributed by atoms with Crippen LogP contribution in [-0.4, -0.2) is 51.0 Å². The number of nitrogens with zero attached hydrogens (tertiary/aromatic N) is 1. The molecule has 0 spiro atoms. The molecule has 3 rings (SSSR count). The number of rotatable bonds is 5. The summed E-state index contributed by atoms with van der Waals surface area (Å²) in [4.78, 5) is 29.1. The average Bonchev–Trinajstić information content (AvgIpc) is 2.95. The fourth-order valence-corrected chi connectivity index (χ4v) is 3.73. The van der Waals surface area contributed by atoms with E-state index < -0.39 is 18.1 Å². The van der Waals surface area contributed by atoms with Crippen molar-refractivity contribution in [2.24, 2.45) is 5.73 Å². The third kappa shape index (κ3) is 3.01. The van der Waals surface area contributed by atoms with Gasteiger partial charge in [-0.3, -0.25) is 4.79 Å². The van der Waals surface area contributed by atoms with Crippen molar-refractivity contribution < 1.29 is 14.7 Å². The van der Waals surface area contributed by atoms with Gasteiger partial charge in [0.1, 0.15) is 6.04 Å². The molecule has 128 valence electrons. The van der Waals surface area contributed by atoms with Crippen molar-refractivity contribution in [1.82, 2.24) is 9.88 Å². The summed E-state index contributed by atoms with van der Waals surface area (Å²) in [5.74, 6) is -0.507. The molecule has 1 aliphatic rings. The molecule has 0 unspecified atom stereocenters.